The molecule has 1 fully saturated rings. The van der Waals surface area contributed by atoms with Gasteiger partial charge in [0.1, 0.15) is 5.54 Å². The van der Waals surface area contributed by atoms with Crippen LogP contribution in [0, 0.1) is 0 Å². The zero-order valence-electron chi connectivity index (χ0n) is 15.4. The van der Waals surface area contributed by atoms with Crippen LogP contribution in [0.15, 0.2) is 42.7 Å². The second-order valence-electron chi connectivity index (χ2n) is 6.95. The highest BCUT2D eigenvalue weighted by Gasteiger charge is 2.48. The second kappa shape index (κ2) is 7.61. The summed E-state index contributed by atoms with van der Waals surface area (Å²) in [4.78, 5) is 37.0. The molecular formula is C19H23N5O3. The molecule has 0 saturated carbocycles. The molecule has 2 heterocycles. The molecule has 2 aromatic rings. The number of hydrogen-bond donors (Lipinski definition) is 2. The number of imide groups is 1. The van der Waals surface area contributed by atoms with Crippen molar-refractivity contribution < 1.29 is 14.4 Å². The third-order valence-electron chi connectivity index (χ3n) is 4.65. The van der Waals surface area contributed by atoms with Gasteiger partial charge in [0, 0.05) is 19.7 Å². The summed E-state index contributed by atoms with van der Waals surface area (Å²) >= 11 is 0. The monoisotopic (exact) mass is 369 g/mol. The van der Waals surface area contributed by atoms with E-state index in [1.807, 2.05) is 36.5 Å². The van der Waals surface area contributed by atoms with Crippen LogP contribution in [0.25, 0.3) is 0 Å². The van der Waals surface area contributed by atoms with E-state index in [1.165, 1.54) is 0 Å². The fourth-order valence-corrected chi connectivity index (χ4v) is 3.03. The van der Waals surface area contributed by atoms with E-state index in [0.717, 1.165) is 16.1 Å². The van der Waals surface area contributed by atoms with Crippen molar-refractivity contribution in [1.29, 1.82) is 0 Å². The lowest BCUT2D eigenvalue weighted by molar-refractivity contribution is -0.138. The van der Waals surface area contributed by atoms with Crippen molar-refractivity contribution in [3.8, 4) is 0 Å². The molecule has 3 rings (SSSR count). The zero-order valence-corrected chi connectivity index (χ0v) is 15.4. The molecular weight excluding hydrogens is 346 g/mol. The summed E-state index contributed by atoms with van der Waals surface area (Å²) < 4.78 is 1.66. The minimum atomic E-state index is -1.04. The largest absolute Gasteiger partial charge is 0.344 e. The van der Waals surface area contributed by atoms with E-state index in [0.29, 0.717) is 19.3 Å². The number of rotatable bonds is 7. The van der Waals surface area contributed by atoms with Gasteiger partial charge in [-0.3, -0.25) is 19.7 Å². The van der Waals surface area contributed by atoms with Crippen molar-refractivity contribution in [2.24, 2.45) is 7.05 Å². The highest BCUT2D eigenvalue weighted by molar-refractivity contribution is 6.07. The van der Waals surface area contributed by atoms with Gasteiger partial charge >= 0.3 is 6.03 Å². The van der Waals surface area contributed by atoms with Gasteiger partial charge in [-0.05, 0) is 37.3 Å². The Hall–Kier alpha value is -3.16. The number of amides is 4. The van der Waals surface area contributed by atoms with Gasteiger partial charge in [0.15, 0.2) is 0 Å². The molecule has 1 atom stereocenters. The van der Waals surface area contributed by atoms with E-state index < -0.39 is 23.4 Å². The van der Waals surface area contributed by atoms with Crippen molar-refractivity contribution in [3.05, 3.63) is 53.9 Å². The summed E-state index contributed by atoms with van der Waals surface area (Å²) in [6, 6.07) is 9.13. The first-order valence-electron chi connectivity index (χ1n) is 8.85. The van der Waals surface area contributed by atoms with Gasteiger partial charge in [0.25, 0.3) is 5.91 Å². The number of hydrazine groups is 1. The van der Waals surface area contributed by atoms with E-state index in [9.17, 15) is 14.4 Å². The first-order chi connectivity index (χ1) is 12.9. The number of carbonyl (C=O) groups is 3. The fraction of sp³-hybridized carbons (Fsp3) is 0.368. The van der Waals surface area contributed by atoms with Crippen molar-refractivity contribution in [3.63, 3.8) is 0 Å². The maximum absolute atomic E-state index is 12.7. The molecule has 1 aromatic carbocycles. The molecule has 1 aliphatic rings. The average Bonchev–Trinajstić information content (AvgIpc) is 3.16. The number of nitrogens with zero attached hydrogens (tertiary/aromatic N) is 3. The molecule has 8 nitrogen and oxygen atoms in total. The Morgan fingerprint density at radius 3 is 2.59 bits per heavy atom. The maximum Gasteiger partial charge on any atom is 0.344 e. The summed E-state index contributed by atoms with van der Waals surface area (Å²) in [7, 11) is 1.80. The quantitative estimate of drug-likeness (QED) is 0.720. The molecule has 1 aliphatic heterocycles. The maximum atomic E-state index is 12.7. The second-order valence-corrected chi connectivity index (χ2v) is 6.95. The topological polar surface area (TPSA) is 96.3 Å². The van der Waals surface area contributed by atoms with Crippen molar-refractivity contribution in [1.82, 2.24) is 25.5 Å². The molecule has 142 valence electrons. The average molecular weight is 369 g/mol. The highest BCUT2D eigenvalue weighted by atomic mass is 16.2. The van der Waals surface area contributed by atoms with Gasteiger partial charge in [0.2, 0.25) is 5.91 Å². The van der Waals surface area contributed by atoms with Gasteiger partial charge in [-0.25, -0.2) is 4.79 Å². The highest BCUT2D eigenvalue weighted by Crippen LogP contribution is 2.22. The minimum absolute atomic E-state index is 0.156. The Morgan fingerprint density at radius 2 is 1.93 bits per heavy atom. The number of nitrogens with one attached hydrogen (secondary N) is 2. The number of aryl methyl sites for hydroxylation is 3. The molecule has 1 unspecified atom stereocenters. The Balaban J connectivity index is 1.55. The third-order valence-corrected chi connectivity index (χ3v) is 4.65. The van der Waals surface area contributed by atoms with E-state index >= 15 is 0 Å². The summed E-state index contributed by atoms with van der Waals surface area (Å²) in [5, 5.41) is 7.52. The molecule has 8 heteroatoms. The van der Waals surface area contributed by atoms with Crippen LogP contribution in [-0.2, 0) is 29.5 Å². The Morgan fingerprint density at radius 1 is 1.19 bits per heavy atom. The molecule has 2 N–H and O–H groups in total. The molecule has 0 aliphatic carbocycles. The molecule has 0 spiro atoms. The smallest absolute Gasteiger partial charge is 0.322 e. The Labute approximate surface area is 157 Å². The third kappa shape index (κ3) is 4.33. The summed E-state index contributed by atoms with van der Waals surface area (Å²) in [6.07, 6.45) is 5.23. The van der Waals surface area contributed by atoms with Crippen LogP contribution in [0.5, 0.6) is 0 Å². The van der Waals surface area contributed by atoms with Crippen LogP contribution >= 0.6 is 0 Å². The molecule has 0 bridgehead atoms. The predicted octanol–water partition coefficient (Wildman–Crippen LogP) is 1.33. The lowest BCUT2D eigenvalue weighted by atomic mass is 9.93. The van der Waals surface area contributed by atoms with Gasteiger partial charge in [0.05, 0.1) is 6.20 Å². The Bertz CT molecular complexity index is 848. The molecule has 1 saturated heterocycles. The summed E-state index contributed by atoms with van der Waals surface area (Å²) in [5.74, 6) is -0.840. The number of aromatic nitrogens is 2. The van der Waals surface area contributed by atoms with Crippen LogP contribution in [0.3, 0.4) is 0 Å². The zero-order chi connectivity index (χ0) is 19.4. The minimum Gasteiger partial charge on any atom is -0.322 e. The molecule has 0 radical (unpaired) electrons. The van der Waals surface area contributed by atoms with E-state index in [1.54, 1.807) is 24.9 Å². The van der Waals surface area contributed by atoms with Crippen LogP contribution in [0.2, 0.25) is 0 Å². The van der Waals surface area contributed by atoms with Crippen molar-refractivity contribution in [2.45, 2.75) is 38.1 Å². The van der Waals surface area contributed by atoms with Crippen LogP contribution in [-0.4, -0.2) is 38.2 Å². The van der Waals surface area contributed by atoms with E-state index in [2.05, 4.69) is 15.8 Å². The van der Waals surface area contributed by atoms with Crippen LogP contribution in [0.4, 0.5) is 4.79 Å². The van der Waals surface area contributed by atoms with Gasteiger partial charge in [-0.15, -0.1) is 0 Å². The van der Waals surface area contributed by atoms with Crippen LogP contribution < -0.4 is 10.7 Å². The fourth-order valence-electron chi connectivity index (χ4n) is 3.03. The number of carbonyl (C=O) groups excluding carboxylic acids is 3. The molecule has 4 amide bonds. The first-order valence-corrected chi connectivity index (χ1v) is 8.85. The van der Waals surface area contributed by atoms with Crippen LogP contribution in [0.1, 0.15) is 30.9 Å². The summed E-state index contributed by atoms with van der Waals surface area (Å²) in [6.45, 7) is 1.68. The lowest BCUT2D eigenvalue weighted by Crippen LogP contribution is -2.49. The van der Waals surface area contributed by atoms with Gasteiger partial charge < -0.3 is 5.32 Å². The number of benzene rings is 1. The number of hydrogen-bond acceptors (Lipinski definition) is 4. The SMILES string of the molecule is Cn1cc(CCC(=O)NN2C(=O)NC(C)(CCc3ccccc3)C2=O)cn1. The lowest BCUT2D eigenvalue weighted by Gasteiger charge is -2.21. The van der Waals surface area contributed by atoms with E-state index in [4.69, 9.17) is 0 Å². The normalized spacial score (nSPS) is 19.3. The van der Waals surface area contributed by atoms with Crippen molar-refractivity contribution in [2.75, 3.05) is 0 Å². The molecule has 1 aromatic heterocycles. The number of urea groups is 1. The van der Waals surface area contributed by atoms with E-state index in [-0.39, 0.29) is 6.42 Å². The Kier molecular flexibility index (Phi) is 5.25. The van der Waals surface area contributed by atoms with Gasteiger partial charge in [-0.2, -0.15) is 10.1 Å². The van der Waals surface area contributed by atoms with Crippen molar-refractivity contribution >= 4 is 17.8 Å². The predicted molar refractivity (Wildman–Crippen MR) is 98.2 cm³/mol. The van der Waals surface area contributed by atoms with Gasteiger partial charge in [-0.1, -0.05) is 30.3 Å². The summed E-state index contributed by atoms with van der Waals surface area (Å²) in [5.41, 5.74) is 3.37. The standard InChI is InChI=1S/C19H23N5O3/c1-19(11-10-14-6-4-3-5-7-14)17(26)24(18(27)21-19)22-16(25)9-8-15-12-20-23(2)13-15/h3-7,12-13H,8-11H2,1-2H3,(H,21,27)(H,22,25). The first kappa shape index (κ1) is 18.6. The molecule has 27 heavy (non-hydrogen) atoms.